The summed E-state index contributed by atoms with van der Waals surface area (Å²) in [5, 5.41) is 9.71. The number of carbonyl (C=O) groups is 1. The molecule has 2 aliphatic rings. The van der Waals surface area contributed by atoms with Gasteiger partial charge in [0, 0.05) is 24.0 Å². The molecule has 0 radical (unpaired) electrons. The Morgan fingerprint density at radius 1 is 1.53 bits per heavy atom. The lowest BCUT2D eigenvalue weighted by Gasteiger charge is -2.23. The van der Waals surface area contributed by atoms with Crippen molar-refractivity contribution in [2.45, 2.75) is 26.4 Å². The van der Waals surface area contributed by atoms with Crippen LogP contribution in [0.4, 0.5) is 0 Å². The quantitative estimate of drug-likeness (QED) is 0.717. The second-order valence-electron chi connectivity index (χ2n) is 4.88. The first-order valence-electron chi connectivity index (χ1n) is 5.16. The molecule has 82 valence electrons. The third kappa shape index (κ3) is 1.42. The highest BCUT2D eigenvalue weighted by atomic mass is 16.5. The Bertz CT molecular complexity index is 363. The smallest absolute Gasteiger partial charge is 0.168 e. The van der Waals surface area contributed by atoms with E-state index in [-0.39, 0.29) is 29.0 Å². The van der Waals surface area contributed by atoms with Gasteiger partial charge in [-0.2, -0.15) is 0 Å². The van der Waals surface area contributed by atoms with Gasteiger partial charge in [0.2, 0.25) is 0 Å². The molecule has 2 rings (SSSR count). The summed E-state index contributed by atoms with van der Waals surface area (Å²) in [4.78, 5) is 12.0. The van der Waals surface area contributed by atoms with E-state index < -0.39 is 0 Å². The van der Waals surface area contributed by atoms with Crippen LogP contribution in [0.25, 0.3) is 0 Å². The molecule has 0 amide bonds. The second kappa shape index (κ2) is 3.20. The minimum atomic E-state index is -0.378. The molecule has 1 saturated carbocycles. The molecule has 0 aromatic heterocycles. The fourth-order valence-electron chi connectivity index (χ4n) is 2.52. The number of aliphatic hydroxyl groups excluding tert-OH is 1. The topological polar surface area (TPSA) is 46.5 Å². The van der Waals surface area contributed by atoms with Crippen molar-refractivity contribution in [1.29, 1.82) is 0 Å². The van der Waals surface area contributed by atoms with Crippen molar-refractivity contribution < 1.29 is 14.6 Å². The fraction of sp³-hybridized carbons (Fsp3) is 0.583. The van der Waals surface area contributed by atoms with Gasteiger partial charge in [0.05, 0.1) is 6.10 Å². The summed E-state index contributed by atoms with van der Waals surface area (Å²) in [5.41, 5.74) is 0.172. The van der Waals surface area contributed by atoms with Crippen LogP contribution >= 0.6 is 0 Å². The monoisotopic (exact) mass is 208 g/mol. The highest BCUT2D eigenvalue weighted by Gasteiger charge is 2.48. The van der Waals surface area contributed by atoms with Crippen LogP contribution in [-0.4, -0.2) is 24.1 Å². The van der Waals surface area contributed by atoms with E-state index >= 15 is 0 Å². The van der Waals surface area contributed by atoms with Crippen LogP contribution in [0.3, 0.4) is 0 Å². The van der Waals surface area contributed by atoms with Crippen molar-refractivity contribution in [3.63, 3.8) is 0 Å². The predicted octanol–water partition coefficient (Wildman–Crippen LogP) is 2.00. The minimum absolute atomic E-state index is 0.0162. The molecular weight excluding hydrogens is 192 g/mol. The number of aliphatic hydroxyl groups is 1. The molecule has 2 aliphatic carbocycles. The van der Waals surface area contributed by atoms with Gasteiger partial charge in [-0.1, -0.05) is 19.9 Å². The minimum Gasteiger partial charge on any atom is -0.508 e. The van der Waals surface area contributed by atoms with Crippen LogP contribution in [0.5, 0.6) is 0 Å². The Balaban J connectivity index is 2.44. The highest BCUT2D eigenvalue weighted by molar-refractivity contribution is 6.03. The normalized spacial score (nSPS) is 33.4. The summed E-state index contributed by atoms with van der Waals surface area (Å²) in [6.07, 6.45) is 4.05. The van der Waals surface area contributed by atoms with Crippen molar-refractivity contribution in [3.05, 3.63) is 23.5 Å². The average molecular weight is 208 g/mol. The molecule has 15 heavy (non-hydrogen) atoms. The molecule has 0 aliphatic heterocycles. The van der Waals surface area contributed by atoms with Crippen LogP contribution in [0.2, 0.25) is 0 Å². The van der Waals surface area contributed by atoms with Crippen molar-refractivity contribution in [1.82, 2.24) is 0 Å². The Labute approximate surface area is 89.4 Å². The molecule has 1 fully saturated rings. The van der Waals surface area contributed by atoms with E-state index in [0.29, 0.717) is 5.57 Å². The van der Waals surface area contributed by atoms with Crippen molar-refractivity contribution in [3.8, 4) is 0 Å². The summed E-state index contributed by atoms with van der Waals surface area (Å²) >= 11 is 0. The Hall–Kier alpha value is -1.09. The number of hydrogen-bond acceptors (Lipinski definition) is 3. The van der Waals surface area contributed by atoms with Gasteiger partial charge in [-0.25, -0.2) is 0 Å². The Morgan fingerprint density at radius 3 is 2.80 bits per heavy atom. The van der Waals surface area contributed by atoms with Gasteiger partial charge in [-0.05, 0) is 12.5 Å². The molecule has 1 N–H and O–H groups in total. The zero-order valence-corrected chi connectivity index (χ0v) is 9.28. The first-order chi connectivity index (χ1) is 6.97. The number of fused-ring (bicyclic) bond motifs is 1. The number of methoxy groups -OCH3 is 1. The SMILES string of the molecule is COC1C=CC(O)=C2C(=O)C(C)(C)CC21. The number of carbonyl (C=O) groups excluding carboxylic acids is 1. The van der Waals surface area contributed by atoms with Crippen LogP contribution in [0.15, 0.2) is 23.5 Å². The lowest BCUT2D eigenvalue weighted by Crippen LogP contribution is -2.24. The molecule has 0 bridgehead atoms. The third-order valence-corrected chi connectivity index (χ3v) is 3.35. The van der Waals surface area contributed by atoms with Crippen molar-refractivity contribution in [2.24, 2.45) is 11.3 Å². The molecule has 2 atom stereocenters. The van der Waals surface area contributed by atoms with Crippen LogP contribution in [0, 0.1) is 11.3 Å². The second-order valence-corrected chi connectivity index (χ2v) is 4.88. The number of ketones is 1. The van der Waals surface area contributed by atoms with Crippen molar-refractivity contribution >= 4 is 5.78 Å². The van der Waals surface area contributed by atoms with E-state index in [0.717, 1.165) is 6.42 Å². The van der Waals surface area contributed by atoms with Gasteiger partial charge < -0.3 is 9.84 Å². The van der Waals surface area contributed by atoms with E-state index in [1.165, 1.54) is 0 Å². The highest BCUT2D eigenvalue weighted by Crippen LogP contribution is 2.46. The number of allylic oxidation sites excluding steroid dienone is 1. The molecule has 0 spiro atoms. The maximum absolute atomic E-state index is 12.0. The zero-order chi connectivity index (χ0) is 11.2. The van der Waals surface area contributed by atoms with Crippen LogP contribution < -0.4 is 0 Å². The number of rotatable bonds is 1. The van der Waals surface area contributed by atoms with E-state index in [9.17, 15) is 9.90 Å². The summed E-state index contributed by atoms with van der Waals surface area (Å²) in [7, 11) is 1.63. The molecular formula is C12H16O3. The van der Waals surface area contributed by atoms with E-state index in [2.05, 4.69) is 0 Å². The maximum atomic E-state index is 12.0. The first kappa shape index (κ1) is 10.4. The van der Waals surface area contributed by atoms with E-state index in [4.69, 9.17) is 4.74 Å². The Kier molecular flexibility index (Phi) is 2.23. The average Bonchev–Trinajstić information content (AvgIpc) is 2.40. The van der Waals surface area contributed by atoms with Gasteiger partial charge in [-0.15, -0.1) is 0 Å². The molecule has 0 saturated heterocycles. The van der Waals surface area contributed by atoms with Gasteiger partial charge >= 0.3 is 0 Å². The van der Waals surface area contributed by atoms with Crippen LogP contribution in [0.1, 0.15) is 20.3 Å². The molecule has 0 heterocycles. The number of Topliss-reactive ketones (excluding diaryl/α,β-unsaturated/α-hetero) is 1. The Morgan fingerprint density at radius 2 is 2.20 bits per heavy atom. The molecule has 2 unspecified atom stereocenters. The standard InChI is InChI=1S/C12H16O3/c1-12(2)6-7-9(15-3)5-4-8(13)10(7)11(12)14/h4-5,7,9,13H,6H2,1-3H3. The van der Waals surface area contributed by atoms with Gasteiger partial charge in [0.25, 0.3) is 0 Å². The molecule has 0 aromatic rings. The van der Waals surface area contributed by atoms with Gasteiger partial charge in [-0.3, -0.25) is 4.79 Å². The largest absolute Gasteiger partial charge is 0.508 e. The molecule has 3 nitrogen and oxygen atoms in total. The van der Waals surface area contributed by atoms with E-state index in [1.54, 1.807) is 13.2 Å². The first-order valence-corrected chi connectivity index (χ1v) is 5.16. The number of hydrogen-bond donors (Lipinski definition) is 1. The predicted molar refractivity (Wildman–Crippen MR) is 56.5 cm³/mol. The zero-order valence-electron chi connectivity index (χ0n) is 9.28. The van der Waals surface area contributed by atoms with Gasteiger partial charge in [0.1, 0.15) is 5.76 Å². The maximum Gasteiger partial charge on any atom is 0.168 e. The lowest BCUT2D eigenvalue weighted by atomic mass is 9.88. The van der Waals surface area contributed by atoms with Gasteiger partial charge in [0.15, 0.2) is 5.78 Å². The number of ether oxygens (including phenoxy) is 1. The summed E-state index contributed by atoms with van der Waals surface area (Å²) in [5.74, 6) is 0.183. The molecule has 3 heteroatoms. The summed E-state index contributed by atoms with van der Waals surface area (Å²) in [6.45, 7) is 3.83. The fourth-order valence-corrected chi connectivity index (χ4v) is 2.52. The van der Waals surface area contributed by atoms with Crippen LogP contribution in [-0.2, 0) is 9.53 Å². The lowest BCUT2D eigenvalue weighted by molar-refractivity contribution is -0.121. The van der Waals surface area contributed by atoms with Crippen molar-refractivity contribution in [2.75, 3.05) is 7.11 Å². The molecule has 0 aromatic carbocycles. The third-order valence-electron chi connectivity index (χ3n) is 3.35. The van der Waals surface area contributed by atoms with E-state index in [1.807, 2.05) is 19.9 Å². The summed E-state index contributed by atoms with van der Waals surface area (Å²) < 4.78 is 5.31. The summed E-state index contributed by atoms with van der Waals surface area (Å²) in [6, 6.07) is 0.